The molecule has 0 aromatic heterocycles. The van der Waals surface area contributed by atoms with Gasteiger partial charge in [-0.05, 0) is 31.1 Å². The van der Waals surface area contributed by atoms with Gasteiger partial charge in [0.2, 0.25) is 0 Å². The number of likely N-dealkylation sites (N-methyl/N-ethyl adjacent to an activating group) is 1. The largest absolute Gasteiger partial charge is 0.385 e. The summed E-state index contributed by atoms with van der Waals surface area (Å²) in [6.45, 7) is 7.37. The minimum atomic E-state index is 0.181. The molecule has 0 aliphatic carbocycles. The van der Waals surface area contributed by atoms with Gasteiger partial charge in [0.15, 0.2) is 0 Å². The molecule has 0 radical (unpaired) electrons. The van der Waals surface area contributed by atoms with Crippen LogP contribution in [-0.2, 0) is 4.74 Å². The van der Waals surface area contributed by atoms with Crippen LogP contribution in [0, 0.1) is 5.41 Å². The number of nitrogens with two attached hydrogens (primary N) is 1. The molecule has 4 heteroatoms. The van der Waals surface area contributed by atoms with Crippen LogP contribution in [0.1, 0.15) is 26.7 Å². The fourth-order valence-corrected chi connectivity index (χ4v) is 4.30. The number of nitrogens with zero attached hydrogens (tertiary/aromatic N) is 1. The number of thioether (sulfide) groups is 1. The number of ether oxygens (including phenoxy) is 1. The molecule has 0 spiro atoms. The van der Waals surface area contributed by atoms with Crippen molar-refractivity contribution in [3.63, 3.8) is 0 Å². The standard InChI is InChI=1S/C13H28N2OS/c1-12(2)8-13(9-14,11-17-10-12)15(3)6-5-7-16-4/h5-11,14H2,1-4H3. The summed E-state index contributed by atoms with van der Waals surface area (Å²) in [4.78, 5) is 2.46. The summed E-state index contributed by atoms with van der Waals surface area (Å²) in [5.74, 6) is 2.41. The van der Waals surface area contributed by atoms with Crippen LogP contribution in [0.15, 0.2) is 0 Å². The van der Waals surface area contributed by atoms with Crippen molar-refractivity contribution in [3.8, 4) is 0 Å². The van der Waals surface area contributed by atoms with Crippen molar-refractivity contribution in [2.24, 2.45) is 11.1 Å². The lowest BCUT2D eigenvalue weighted by atomic mass is 9.79. The van der Waals surface area contributed by atoms with Gasteiger partial charge in [0, 0.05) is 38.1 Å². The van der Waals surface area contributed by atoms with Crippen LogP contribution in [-0.4, -0.2) is 55.8 Å². The van der Waals surface area contributed by atoms with Crippen molar-refractivity contribution in [1.82, 2.24) is 4.90 Å². The van der Waals surface area contributed by atoms with Crippen LogP contribution in [0.5, 0.6) is 0 Å². The Kier molecular flexibility index (Phi) is 5.77. The minimum Gasteiger partial charge on any atom is -0.385 e. The topological polar surface area (TPSA) is 38.5 Å². The molecule has 3 nitrogen and oxygen atoms in total. The smallest absolute Gasteiger partial charge is 0.0474 e. The molecule has 17 heavy (non-hydrogen) atoms. The molecule has 0 saturated carbocycles. The Balaban J connectivity index is 2.60. The first-order valence-corrected chi connectivity index (χ1v) is 7.59. The maximum atomic E-state index is 6.08. The van der Waals surface area contributed by atoms with Crippen molar-refractivity contribution in [3.05, 3.63) is 0 Å². The number of methoxy groups -OCH3 is 1. The van der Waals surface area contributed by atoms with E-state index in [0.29, 0.717) is 5.41 Å². The molecule has 1 unspecified atom stereocenters. The monoisotopic (exact) mass is 260 g/mol. The fourth-order valence-electron chi connectivity index (χ4n) is 2.73. The lowest BCUT2D eigenvalue weighted by Crippen LogP contribution is -2.58. The Labute approximate surface area is 110 Å². The third-order valence-electron chi connectivity index (χ3n) is 3.70. The zero-order valence-corrected chi connectivity index (χ0v) is 12.6. The van der Waals surface area contributed by atoms with Gasteiger partial charge >= 0.3 is 0 Å². The van der Waals surface area contributed by atoms with Crippen LogP contribution in [0.3, 0.4) is 0 Å². The van der Waals surface area contributed by atoms with E-state index < -0.39 is 0 Å². The molecule has 1 atom stereocenters. The highest BCUT2D eigenvalue weighted by molar-refractivity contribution is 7.99. The van der Waals surface area contributed by atoms with Crippen molar-refractivity contribution in [2.75, 3.05) is 45.4 Å². The summed E-state index contributed by atoms with van der Waals surface area (Å²) in [5, 5.41) is 0. The maximum absolute atomic E-state index is 6.08. The summed E-state index contributed by atoms with van der Waals surface area (Å²) in [6.07, 6.45) is 2.28. The molecule has 0 aromatic carbocycles. The minimum absolute atomic E-state index is 0.181. The van der Waals surface area contributed by atoms with Crippen LogP contribution < -0.4 is 5.73 Å². The second-order valence-corrected chi connectivity index (χ2v) is 7.02. The van der Waals surface area contributed by atoms with E-state index in [2.05, 4.69) is 25.8 Å². The van der Waals surface area contributed by atoms with E-state index >= 15 is 0 Å². The van der Waals surface area contributed by atoms with Gasteiger partial charge in [0.25, 0.3) is 0 Å². The molecule has 2 N–H and O–H groups in total. The van der Waals surface area contributed by atoms with Gasteiger partial charge in [-0.1, -0.05) is 13.8 Å². The Morgan fingerprint density at radius 1 is 1.35 bits per heavy atom. The Hall–Kier alpha value is 0.230. The van der Waals surface area contributed by atoms with E-state index in [-0.39, 0.29) is 5.54 Å². The van der Waals surface area contributed by atoms with E-state index in [0.717, 1.165) is 31.9 Å². The number of hydrogen-bond donors (Lipinski definition) is 1. The molecule has 1 fully saturated rings. The Morgan fingerprint density at radius 2 is 2.06 bits per heavy atom. The second kappa shape index (κ2) is 6.41. The zero-order chi connectivity index (χ0) is 12.9. The molecule has 0 amide bonds. The quantitative estimate of drug-likeness (QED) is 0.739. The highest BCUT2D eigenvalue weighted by atomic mass is 32.2. The fraction of sp³-hybridized carbons (Fsp3) is 1.00. The summed E-state index contributed by atoms with van der Waals surface area (Å²) in [5.41, 5.74) is 6.66. The van der Waals surface area contributed by atoms with Crippen LogP contribution in [0.4, 0.5) is 0 Å². The molecule has 1 aliphatic rings. The van der Waals surface area contributed by atoms with E-state index in [1.165, 1.54) is 12.2 Å². The van der Waals surface area contributed by atoms with Crippen molar-refractivity contribution in [1.29, 1.82) is 0 Å². The normalized spacial score (nSPS) is 28.6. The predicted octanol–water partition coefficient (Wildman–Crippen LogP) is 1.82. The first-order chi connectivity index (χ1) is 7.96. The summed E-state index contributed by atoms with van der Waals surface area (Å²) in [6, 6.07) is 0. The highest BCUT2D eigenvalue weighted by Crippen LogP contribution is 2.41. The average Bonchev–Trinajstić information content (AvgIpc) is 2.27. The van der Waals surface area contributed by atoms with Crippen LogP contribution in [0.25, 0.3) is 0 Å². The molecule has 1 aliphatic heterocycles. The third kappa shape index (κ3) is 4.12. The van der Waals surface area contributed by atoms with Gasteiger partial charge in [-0.25, -0.2) is 0 Å². The van der Waals surface area contributed by atoms with Crippen LogP contribution >= 0.6 is 11.8 Å². The molecular formula is C13H28N2OS. The summed E-state index contributed by atoms with van der Waals surface area (Å²) >= 11 is 2.05. The maximum Gasteiger partial charge on any atom is 0.0474 e. The van der Waals surface area contributed by atoms with Crippen molar-refractivity contribution in [2.45, 2.75) is 32.2 Å². The zero-order valence-electron chi connectivity index (χ0n) is 11.8. The lowest BCUT2D eigenvalue weighted by molar-refractivity contribution is 0.0822. The Morgan fingerprint density at radius 3 is 2.59 bits per heavy atom. The van der Waals surface area contributed by atoms with Gasteiger partial charge in [0.05, 0.1) is 0 Å². The molecule has 1 rings (SSSR count). The summed E-state index contributed by atoms with van der Waals surface area (Å²) < 4.78 is 5.12. The van der Waals surface area contributed by atoms with Gasteiger partial charge in [0.1, 0.15) is 0 Å². The van der Waals surface area contributed by atoms with Gasteiger partial charge < -0.3 is 10.5 Å². The first-order valence-electron chi connectivity index (χ1n) is 6.44. The number of rotatable bonds is 6. The molecular weight excluding hydrogens is 232 g/mol. The van der Waals surface area contributed by atoms with Crippen molar-refractivity contribution >= 4 is 11.8 Å². The Bertz CT molecular complexity index is 235. The molecule has 0 aromatic rings. The van der Waals surface area contributed by atoms with E-state index in [9.17, 15) is 0 Å². The molecule has 0 bridgehead atoms. The number of hydrogen-bond acceptors (Lipinski definition) is 4. The van der Waals surface area contributed by atoms with Gasteiger partial charge in [-0.2, -0.15) is 11.8 Å². The van der Waals surface area contributed by atoms with Gasteiger partial charge in [-0.15, -0.1) is 0 Å². The molecule has 1 saturated heterocycles. The van der Waals surface area contributed by atoms with E-state index in [1.807, 2.05) is 11.8 Å². The summed E-state index contributed by atoms with van der Waals surface area (Å²) in [7, 11) is 3.97. The first kappa shape index (κ1) is 15.3. The predicted molar refractivity (Wildman–Crippen MR) is 76.6 cm³/mol. The van der Waals surface area contributed by atoms with Crippen molar-refractivity contribution < 1.29 is 4.74 Å². The van der Waals surface area contributed by atoms with Crippen LogP contribution in [0.2, 0.25) is 0 Å². The van der Waals surface area contributed by atoms with E-state index in [1.54, 1.807) is 7.11 Å². The molecule has 1 heterocycles. The van der Waals surface area contributed by atoms with Gasteiger partial charge in [-0.3, -0.25) is 4.90 Å². The average molecular weight is 260 g/mol. The second-order valence-electron chi connectivity index (χ2n) is 6.03. The lowest BCUT2D eigenvalue weighted by Gasteiger charge is -2.49. The SMILES string of the molecule is COCCCN(C)C1(CN)CSCC(C)(C)C1. The third-order valence-corrected chi connectivity index (χ3v) is 5.43. The highest BCUT2D eigenvalue weighted by Gasteiger charge is 2.42. The molecule has 102 valence electrons. The van der Waals surface area contributed by atoms with E-state index in [4.69, 9.17) is 10.5 Å².